The number of nitrogens with zero attached hydrogens (tertiary/aromatic N) is 1. The Morgan fingerprint density at radius 2 is 2.15 bits per heavy atom. The minimum Gasteiger partial charge on any atom is -0.380 e. The Morgan fingerprint density at radius 3 is 2.90 bits per heavy atom. The second kappa shape index (κ2) is 7.00. The lowest BCUT2D eigenvalue weighted by molar-refractivity contribution is 0.148. The van der Waals surface area contributed by atoms with Crippen LogP contribution in [0.2, 0.25) is 0 Å². The Balaban J connectivity index is 2.34. The van der Waals surface area contributed by atoms with E-state index in [0.29, 0.717) is 42.2 Å². The Bertz CT molecular complexity index is 555. The van der Waals surface area contributed by atoms with E-state index in [1.807, 2.05) is 13.1 Å². The molecule has 112 valence electrons. The third-order valence-corrected chi connectivity index (χ3v) is 6.07. The van der Waals surface area contributed by atoms with Crippen molar-refractivity contribution in [2.24, 2.45) is 0 Å². The Kier molecular flexibility index (Phi) is 5.57. The van der Waals surface area contributed by atoms with Crippen molar-refractivity contribution in [3.63, 3.8) is 0 Å². The molecule has 0 aliphatic carbocycles. The van der Waals surface area contributed by atoms with E-state index in [1.54, 1.807) is 12.1 Å². The Labute approximate surface area is 128 Å². The molecule has 0 amide bonds. The van der Waals surface area contributed by atoms with Crippen molar-refractivity contribution in [1.29, 1.82) is 0 Å². The fourth-order valence-electron chi connectivity index (χ4n) is 2.16. The average Bonchev–Trinajstić information content (AvgIpc) is 2.70. The zero-order valence-corrected chi connectivity index (χ0v) is 13.8. The monoisotopic (exact) mass is 362 g/mol. The first kappa shape index (κ1) is 15.9. The summed E-state index contributed by atoms with van der Waals surface area (Å²) in [7, 11) is -1.64. The van der Waals surface area contributed by atoms with Gasteiger partial charge in [-0.2, -0.15) is 4.31 Å². The summed E-state index contributed by atoms with van der Waals surface area (Å²) in [4.78, 5) is 0.326. The largest absolute Gasteiger partial charge is 0.380 e. The van der Waals surface area contributed by atoms with Crippen LogP contribution in [0, 0.1) is 0 Å². The van der Waals surface area contributed by atoms with Crippen LogP contribution in [0.1, 0.15) is 12.0 Å². The highest BCUT2D eigenvalue weighted by atomic mass is 79.9. The first-order valence-electron chi connectivity index (χ1n) is 6.56. The molecule has 0 bridgehead atoms. The lowest BCUT2D eigenvalue weighted by Gasteiger charge is -2.20. The van der Waals surface area contributed by atoms with Crippen molar-refractivity contribution in [2.45, 2.75) is 17.9 Å². The SMILES string of the molecule is CNCc1ccc(Br)c(S(=O)(=O)N2CCCOCC2)c1. The first-order valence-corrected chi connectivity index (χ1v) is 8.80. The van der Waals surface area contributed by atoms with Gasteiger partial charge < -0.3 is 10.1 Å². The molecule has 20 heavy (non-hydrogen) atoms. The molecule has 1 aromatic rings. The fourth-order valence-corrected chi connectivity index (χ4v) is 4.60. The standard InChI is InChI=1S/C13H19BrN2O3S/c1-15-10-11-3-4-12(14)13(9-11)20(17,18)16-5-2-7-19-8-6-16/h3-4,9,15H,2,5-8,10H2,1H3. The van der Waals surface area contributed by atoms with Gasteiger partial charge in [0.15, 0.2) is 0 Å². The van der Waals surface area contributed by atoms with Gasteiger partial charge in [0.1, 0.15) is 0 Å². The molecule has 0 aromatic heterocycles. The zero-order chi connectivity index (χ0) is 14.6. The van der Waals surface area contributed by atoms with Gasteiger partial charge in [-0.05, 0) is 47.1 Å². The smallest absolute Gasteiger partial charge is 0.244 e. The Hall–Kier alpha value is -0.470. The summed E-state index contributed by atoms with van der Waals surface area (Å²) in [5.41, 5.74) is 0.945. The maximum absolute atomic E-state index is 12.7. The number of ether oxygens (including phenoxy) is 1. The summed E-state index contributed by atoms with van der Waals surface area (Å²) >= 11 is 3.35. The highest BCUT2D eigenvalue weighted by Gasteiger charge is 2.27. The van der Waals surface area contributed by atoms with Crippen molar-refractivity contribution >= 4 is 26.0 Å². The molecular formula is C13H19BrN2O3S. The highest BCUT2D eigenvalue weighted by Crippen LogP contribution is 2.26. The third-order valence-electron chi connectivity index (χ3n) is 3.18. The molecule has 1 aliphatic heterocycles. The molecular weight excluding hydrogens is 344 g/mol. The van der Waals surface area contributed by atoms with Gasteiger partial charge in [0, 0.05) is 30.7 Å². The van der Waals surface area contributed by atoms with E-state index in [0.717, 1.165) is 12.0 Å². The summed E-state index contributed by atoms with van der Waals surface area (Å²) < 4.78 is 32.9. The molecule has 5 nitrogen and oxygen atoms in total. The van der Waals surface area contributed by atoms with Gasteiger partial charge in [0.2, 0.25) is 10.0 Å². The molecule has 1 aromatic carbocycles. The molecule has 7 heteroatoms. The topological polar surface area (TPSA) is 58.6 Å². The number of nitrogens with one attached hydrogen (secondary N) is 1. The summed E-state index contributed by atoms with van der Waals surface area (Å²) in [6.45, 7) is 2.62. The van der Waals surface area contributed by atoms with Gasteiger partial charge in [-0.15, -0.1) is 0 Å². The summed E-state index contributed by atoms with van der Waals surface area (Å²) in [5.74, 6) is 0. The molecule has 1 N–H and O–H groups in total. The number of benzene rings is 1. The van der Waals surface area contributed by atoms with Gasteiger partial charge >= 0.3 is 0 Å². The van der Waals surface area contributed by atoms with Gasteiger partial charge in [-0.3, -0.25) is 0 Å². The van der Waals surface area contributed by atoms with Crippen LogP contribution in [-0.4, -0.2) is 46.1 Å². The first-order chi connectivity index (χ1) is 9.55. The van der Waals surface area contributed by atoms with E-state index in [-0.39, 0.29) is 0 Å². The van der Waals surface area contributed by atoms with E-state index >= 15 is 0 Å². The van der Waals surface area contributed by atoms with Crippen LogP contribution in [0.4, 0.5) is 0 Å². The van der Waals surface area contributed by atoms with Gasteiger partial charge in [-0.25, -0.2) is 8.42 Å². The van der Waals surface area contributed by atoms with Crippen LogP contribution in [0.3, 0.4) is 0 Å². The quantitative estimate of drug-likeness (QED) is 0.883. The molecule has 0 saturated carbocycles. The molecule has 1 saturated heterocycles. The highest BCUT2D eigenvalue weighted by molar-refractivity contribution is 9.10. The van der Waals surface area contributed by atoms with Gasteiger partial charge in [-0.1, -0.05) is 6.07 Å². The molecule has 2 rings (SSSR count). The van der Waals surface area contributed by atoms with Crippen molar-refractivity contribution in [2.75, 3.05) is 33.4 Å². The average molecular weight is 363 g/mol. The number of rotatable bonds is 4. The lowest BCUT2D eigenvalue weighted by Crippen LogP contribution is -2.33. The number of hydrogen-bond donors (Lipinski definition) is 1. The van der Waals surface area contributed by atoms with Crippen LogP contribution < -0.4 is 5.32 Å². The van der Waals surface area contributed by atoms with E-state index in [9.17, 15) is 8.42 Å². The van der Waals surface area contributed by atoms with Gasteiger partial charge in [0.05, 0.1) is 11.5 Å². The van der Waals surface area contributed by atoms with E-state index < -0.39 is 10.0 Å². The summed E-state index contributed by atoms with van der Waals surface area (Å²) in [5, 5.41) is 3.03. The third kappa shape index (κ3) is 3.59. The minimum atomic E-state index is -3.48. The van der Waals surface area contributed by atoms with Crippen molar-refractivity contribution in [3.05, 3.63) is 28.2 Å². The predicted octanol–water partition coefficient (Wildman–Crippen LogP) is 1.58. The van der Waals surface area contributed by atoms with E-state index in [1.165, 1.54) is 4.31 Å². The molecule has 1 heterocycles. The maximum atomic E-state index is 12.7. The van der Waals surface area contributed by atoms with Crippen LogP contribution in [0.5, 0.6) is 0 Å². The van der Waals surface area contributed by atoms with Crippen LogP contribution in [-0.2, 0) is 21.3 Å². The molecule has 0 spiro atoms. The molecule has 0 unspecified atom stereocenters. The molecule has 1 fully saturated rings. The minimum absolute atomic E-state index is 0.326. The number of sulfonamides is 1. The number of halogens is 1. The number of hydrogen-bond acceptors (Lipinski definition) is 4. The van der Waals surface area contributed by atoms with Crippen LogP contribution in [0.25, 0.3) is 0 Å². The second-order valence-electron chi connectivity index (χ2n) is 4.67. The van der Waals surface area contributed by atoms with E-state index in [2.05, 4.69) is 21.2 Å². The summed E-state index contributed by atoms with van der Waals surface area (Å²) in [6.07, 6.45) is 0.729. The predicted molar refractivity (Wildman–Crippen MR) is 81.1 cm³/mol. The Morgan fingerprint density at radius 1 is 1.35 bits per heavy atom. The summed E-state index contributed by atoms with van der Waals surface area (Å²) in [6, 6.07) is 5.42. The van der Waals surface area contributed by atoms with Crippen molar-refractivity contribution in [3.8, 4) is 0 Å². The zero-order valence-electron chi connectivity index (χ0n) is 11.4. The molecule has 0 atom stereocenters. The lowest BCUT2D eigenvalue weighted by atomic mass is 10.2. The van der Waals surface area contributed by atoms with Crippen molar-refractivity contribution < 1.29 is 13.2 Å². The van der Waals surface area contributed by atoms with Crippen LogP contribution >= 0.6 is 15.9 Å². The fraction of sp³-hybridized carbons (Fsp3) is 0.538. The molecule has 0 radical (unpaired) electrons. The maximum Gasteiger partial charge on any atom is 0.244 e. The van der Waals surface area contributed by atoms with Crippen molar-refractivity contribution in [1.82, 2.24) is 9.62 Å². The van der Waals surface area contributed by atoms with E-state index in [4.69, 9.17) is 4.74 Å². The normalized spacial score (nSPS) is 17.9. The molecule has 1 aliphatic rings. The second-order valence-corrected chi connectivity index (χ2v) is 7.43. The van der Waals surface area contributed by atoms with Crippen LogP contribution in [0.15, 0.2) is 27.6 Å². The van der Waals surface area contributed by atoms with Gasteiger partial charge in [0.25, 0.3) is 0 Å².